The number of rotatable bonds is 2. The molecule has 0 saturated carbocycles. The smallest absolute Gasteiger partial charge is 0.180 e. The molecule has 2 rings (SSSR count). The van der Waals surface area contributed by atoms with Crippen LogP contribution in [-0.2, 0) is 6.54 Å². The van der Waals surface area contributed by atoms with Crippen molar-refractivity contribution in [3.63, 3.8) is 0 Å². The van der Waals surface area contributed by atoms with Gasteiger partial charge in [0.2, 0.25) is 0 Å². The van der Waals surface area contributed by atoms with E-state index in [0.29, 0.717) is 11.2 Å². The van der Waals surface area contributed by atoms with Gasteiger partial charge in [-0.2, -0.15) is 11.8 Å². The topological polar surface area (TPSA) is 42.2 Å². The maximum Gasteiger partial charge on any atom is 0.180 e. The second-order valence-electron chi connectivity index (χ2n) is 3.95. The molecule has 1 aromatic heterocycles. The molecule has 1 aromatic rings. The lowest BCUT2D eigenvalue weighted by Gasteiger charge is -2.37. The Morgan fingerprint density at radius 2 is 2.40 bits per heavy atom. The number of anilines is 1. The van der Waals surface area contributed by atoms with E-state index in [1.807, 2.05) is 6.20 Å². The van der Waals surface area contributed by atoms with Crippen LogP contribution in [0, 0.1) is 0 Å². The minimum Gasteiger partial charge on any atom is -0.375 e. The van der Waals surface area contributed by atoms with Crippen LogP contribution in [0.2, 0.25) is 0 Å². The number of thioether (sulfide) groups is 1. The van der Waals surface area contributed by atoms with Crippen LogP contribution in [0.5, 0.6) is 0 Å². The zero-order chi connectivity index (χ0) is 10.8. The van der Waals surface area contributed by atoms with Crippen LogP contribution in [0.4, 0.5) is 5.13 Å². The standard InChI is InChI=1S/C10H17N3S2/c1-7-8(2)14-4-3-13(7)6-9-5-12-10(11)15-9/h5,7-8H,3-4,6H2,1-2H3,(H2,11,12). The number of hydrogen-bond acceptors (Lipinski definition) is 5. The van der Waals surface area contributed by atoms with Gasteiger partial charge in [-0.15, -0.1) is 11.3 Å². The molecule has 1 fully saturated rings. The van der Waals surface area contributed by atoms with Crippen LogP contribution in [0.25, 0.3) is 0 Å². The van der Waals surface area contributed by atoms with E-state index in [1.165, 1.54) is 17.2 Å². The number of thiazole rings is 1. The van der Waals surface area contributed by atoms with Crippen LogP contribution < -0.4 is 5.73 Å². The Morgan fingerprint density at radius 1 is 1.60 bits per heavy atom. The third-order valence-corrected chi connectivity index (χ3v) is 5.09. The van der Waals surface area contributed by atoms with E-state index in [2.05, 4.69) is 35.5 Å². The number of nitrogens with zero attached hydrogens (tertiary/aromatic N) is 2. The zero-order valence-corrected chi connectivity index (χ0v) is 10.8. The van der Waals surface area contributed by atoms with E-state index in [1.54, 1.807) is 11.3 Å². The molecule has 15 heavy (non-hydrogen) atoms. The van der Waals surface area contributed by atoms with Gasteiger partial charge in [0.15, 0.2) is 5.13 Å². The van der Waals surface area contributed by atoms with Gasteiger partial charge >= 0.3 is 0 Å². The van der Waals surface area contributed by atoms with Crippen molar-refractivity contribution in [1.82, 2.24) is 9.88 Å². The third kappa shape index (κ3) is 2.65. The van der Waals surface area contributed by atoms with E-state index in [-0.39, 0.29) is 0 Å². The fourth-order valence-corrected chi connectivity index (χ4v) is 3.69. The first kappa shape index (κ1) is 11.2. The molecule has 84 valence electrons. The van der Waals surface area contributed by atoms with Crippen LogP contribution in [0.15, 0.2) is 6.20 Å². The predicted molar refractivity (Wildman–Crippen MR) is 68.3 cm³/mol. The molecule has 2 unspecified atom stereocenters. The third-order valence-electron chi connectivity index (χ3n) is 2.94. The molecule has 0 aliphatic carbocycles. The van der Waals surface area contributed by atoms with Gasteiger partial charge in [-0.25, -0.2) is 4.98 Å². The van der Waals surface area contributed by atoms with Crippen molar-refractivity contribution in [2.24, 2.45) is 0 Å². The van der Waals surface area contributed by atoms with Gasteiger partial charge in [-0.3, -0.25) is 4.90 Å². The van der Waals surface area contributed by atoms with Gasteiger partial charge in [0.25, 0.3) is 0 Å². The summed E-state index contributed by atoms with van der Waals surface area (Å²) in [6.07, 6.45) is 1.90. The van der Waals surface area contributed by atoms with E-state index < -0.39 is 0 Å². The summed E-state index contributed by atoms with van der Waals surface area (Å²) < 4.78 is 0. The molecular weight excluding hydrogens is 226 g/mol. The molecule has 0 radical (unpaired) electrons. The van der Waals surface area contributed by atoms with Crippen molar-refractivity contribution >= 4 is 28.2 Å². The highest BCUT2D eigenvalue weighted by atomic mass is 32.2. The lowest BCUT2D eigenvalue weighted by molar-refractivity contribution is 0.206. The van der Waals surface area contributed by atoms with Crippen LogP contribution in [-0.4, -0.2) is 33.5 Å². The van der Waals surface area contributed by atoms with Gasteiger partial charge in [-0.05, 0) is 6.92 Å². The molecule has 0 amide bonds. The maximum atomic E-state index is 5.63. The minimum absolute atomic E-state index is 0.645. The predicted octanol–water partition coefficient (Wildman–Crippen LogP) is 2.05. The number of hydrogen-bond donors (Lipinski definition) is 1. The summed E-state index contributed by atoms with van der Waals surface area (Å²) in [5.41, 5.74) is 5.63. The van der Waals surface area contributed by atoms with Gasteiger partial charge in [0.05, 0.1) is 0 Å². The van der Waals surface area contributed by atoms with Crippen molar-refractivity contribution < 1.29 is 0 Å². The zero-order valence-electron chi connectivity index (χ0n) is 9.14. The minimum atomic E-state index is 0.645. The van der Waals surface area contributed by atoms with Crippen LogP contribution in [0.1, 0.15) is 18.7 Å². The Bertz CT molecular complexity index is 326. The summed E-state index contributed by atoms with van der Waals surface area (Å²) in [4.78, 5) is 7.89. The Kier molecular flexibility index (Phi) is 3.53. The number of nitrogen functional groups attached to an aromatic ring is 1. The van der Waals surface area contributed by atoms with Gasteiger partial charge in [-0.1, -0.05) is 6.92 Å². The van der Waals surface area contributed by atoms with Crippen molar-refractivity contribution in [2.75, 3.05) is 18.0 Å². The van der Waals surface area contributed by atoms with E-state index in [4.69, 9.17) is 5.73 Å². The van der Waals surface area contributed by atoms with Gasteiger partial charge in [0.1, 0.15) is 0 Å². The molecule has 1 aliphatic rings. The average Bonchev–Trinajstić information content (AvgIpc) is 2.59. The fourth-order valence-electron chi connectivity index (χ4n) is 1.81. The molecule has 1 saturated heterocycles. The SMILES string of the molecule is CC1SCCN(Cc2cnc(N)s2)C1C. The highest BCUT2D eigenvalue weighted by Crippen LogP contribution is 2.26. The number of aromatic nitrogens is 1. The van der Waals surface area contributed by atoms with Crippen molar-refractivity contribution in [2.45, 2.75) is 31.7 Å². The van der Waals surface area contributed by atoms with Crippen molar-refractivity contribution in [1.29, 1.82) is 0 Å². The highest BCUT2D eigenvalue weighted by molar-refractivity contribution is 8.00. The molecule has 1 aliphatic heterocycles. The lowest BCUT2D eigenvalue weighted by atomic mass is 10.2. The Balaban J connectivity index is 1.99. The normalized spacial score (nSPS) is 28.1. The summed E-state index contributed by atoms with van der Waals surface area (Å²) in [5, 5.41) is 1.40. The van der Waals surface area contributed by atoms with Gasteiger partial charge < -0.3 is 5.73 Å². The van der Waals surface area contributed by atoms with Crippen LogP contribution in [0.3, 0.4) is 0 Å². The first-order valence-corrected chi connectivity index (χ1v) is 7.09. The Morgan fingerprint density at radius 3 is 3.07 bits per heavy atom. The van der Waals surface area contributed by atoms with Gasteiger partial charge in [0, 0.05) is 41.2 Å². The second-order valence-corrected chi connectivity index (χ2v) is 6.58. The lowest BCUT2D eigenvalue weighted by Crippen LogP contribution is -2.43. The monoisotopic (exact) mass is 243 g/mol. The average molecular weight is 243 g/mol. The Hall–Kier alpha value is -0.260. The Labute approximate surface area is 99.1 Å². The van der Waals surface area contributed by atoms with E-state index in [0.717, 1.165) is 11.8 Å². The van der Waals surface area contributed by atoms with Crippen LogP contribution >= 0.6 is 23.1 Å². The molecule has 2 atom stereocenters. The molecule has 2 N–H and O–H groups in total. The molecule has 0 bridgehead atoms. The summed E-state index contributed by atoms with van der Waals surface area (Å²) >= 11 is 3.67. The quantitative estimate of drug-likeness (QED) is 0.863. The molecular formula is C10H17N3S2. The van der Waals surface area contributed by atoms with Crippen molar-refractivity contribution in [3.05, 3.63) is 11.1 Å². The van der Waals surface area contributed by atoms with E-state index >= 15 is 0 Å². The first-order chi connectivity index (χ1) is 7.16. The summed E-state index contributed by atoms with van der Waals surface area (Å²) in [6.45, 7) is 6.79. The summed E-state index contributed by atoms with van der Waals surface area (Å²) in [7, 11) is 0. The second kappa shape index (κ2) is 4.72. The van der Waals surface area contributed by atoms with E-state index in [9.17, 15) is 0 Å². The largest absolute Gasteiger partial charge is 0.375 e. The molecule has 0 spiro atoms. The molecule has 5 heteroatoms. The highest BCUT2D eigenvalue weighted by Gasteiger charge is 2.25. The molecule has 2 heterocycles. The summed E-state index contributed by atoms with van der Waals surface area (Å²) in [5.74, 6) is 1.24. The number of nitrogens with two attached hydrogens (primary N) is 1. The maximum absolute atomic E-state index is 5.63. The fraction of sp³-hybridized carbons (Fsp3) is 0.700. The van der Waals surface area contributed by atoms with Crippen molar-refractivity contribution in [3.8, 4) is 0 Å². The first-order valence-electron chi connectivity index (χ1n) is 5.22. The molecule has 3 nitrogen and oxygen atoms in total. The molecule has 0 aromatic carbocycles. The summed E-state index contributed by atoms with van der Waals surface area (Å²) in [6, 6.07) is 0.645.